The fourth-order valence-electron chi connectivity index (χ4n) is 3.50. The van der Waals surface area contributed by atoms with Crippen LogP contribution in [0.5, 0.6) is 0 Å². The zero-order chi connectivity index (χ0) is 20.3. The van der Waals surface area contributed by atoms with E-state index in [9.17, 15) is 9.18 Å². The van der Waals surface area contributed by atoms with Gasteiger partial charge < -0.3 is 0 Å². The maximum absolute atomic E-state index is 14.7. The van der Waals surface area contributed by atoms with Crippen molar-refractivity contribution in [2.45, 2.75) is 52.9 Å². The van der Waals surface area contributed by atoms with Crippen LogP contribution in [0.3, 0.4) is 0 Å². The molecule has 1 saturated heterocycles. The summed E-state index contributed by atoms with van der Waals surface area (Å²) in [5.41, 5.74) is 2.73. The number of halogens is 1. The van der Waals surface area contributed by atoms with Gasteiger partial charge in [-0.2, -0.15) is 5.26 Å². The Hall–Kier alpha value is -2.81. The molecule has 1 aromatic heterocycles. The molecule has 2 heterocycles. The SMILES string of the molecule is Cc1nc(N2CCCCC2=O)nc(CCC(C)C)c1-c1ccc(C#N)cc1F. The second-order valence-corrected chi connectivity index (χ2v) is 7.67. The first-order valence-corrected chi connectivity index (χ1v) is 9.78. The molecule has 5 nitrogen and oxygen atoms in total. The molecule has 0 bridgehead atoms. The third kappa shape index (κ3) is 4.19. The van der Waals surface area contributed by atoms with Crippen LogP contribution in [0.2, 0.25) is 0 Å². The van der Waals surface area contributed by atoms with E-state index in [4.69, 9.17) is 10.2 Å². The van der Waals surface area contributed by atoms with Gasteiger partial charge in [-0.15, -0.1) is 0 Å². The molecule has 2 aromatic rings. The van der Waals surface area contributed by atoms with E-state index in [0.717, 1.165) is 25.0 Å². The Morgan fingerprint density at radius 1 is 1.29 bits per heavy atom. The Balaban J connectivity index is 2.10. The summed E-state index contributed by atoms with van der Waals surface area (Å²) in [6, 6.07) is 6.42. The predicted molar refractivity (Wildman–Crippen MR) is 106 cm³/mol. The Labute approximate surface area is 165 Å². The molecule has 0 unspecified atom stereocenters. The fourth-order valence-corrected chi connectivity index (χ4v) is 3.50. The molecule has 1 amide bonds. The summed E-state index contributed by atoms with van der Waals surface area (Å²) >= 11 is 0. The van der Waals surface area contributed by atoms with Gasteiger partial charge in [0.1, 0.15) is 5.82 Å². The summed E-state index contributed by atoms with van der Waals surface area (Å²) in [5, 5.41) is 9.00. The number of benzene rings is 1. The Morgan fingerprint density at radius 2 is 2.07 bits per heavy atom. The van der Waals surface area contributed by atoms with Crippen molar-refractivity contribution in [3.05, 3.63) is 41.0 Å². The van der Waals surface area contributed by atoms with E-state index in [0.29, 0.717) is 48.1 Å². The minimum Gasteiger partial charge on any atom is -0.281 e. The molecule has 1 aliphatic heterocycles. The van der Waals surface area contributed by atoms with Crippen molar-refractivity contribution in [1.82, 2.24) is 9.97 Å². The highest BCUT2D eigenvalue weighted by atomic mass is 19.1. The summed E-state index contributed by atoms with van der Waals surface area (Å²) in [5.74, 6) is 0.462. The van der Waals surface area contributed by atoms with E-state index >= 15 is 0 Å². The smallest absolute Gasteiger partial charge is 0.232 e. The topological polar surface area (TPSA) is 69.9 Å². The van der Waals surface area contributed by atoms with Crippen LogP contribution in [-0.2, 0) is 11.2 Å². The number of hydrogen-bond donors (Lipinski definition) is 0. The van der Waals surface area contributed by atoms with Crippen LogP contribution in [0.25, 0.3) is 11.1 Å². The molecular weight excluding hydrogens is 355 g/mol. The van der Waals surface area contributed by atoms with Crippen LogP contribution in [-0.4, -0.2) is 22.4 Å². The number of aryl methyl sites for hydroxylation is 2. The molecule has 0 radical (unpaired) electrons. The quantitative estimate of drug-likeness (QED) is 0.762. The average molecular weight is 380 g/mol. The lowest BCUT2D eigenvalue weighted by Gasteiger charge is -2.26. The van der Waals surface area contributed by atoms with Crippen molar-refractivity contribution in [1.29, 1.82) is 5.26 Å². The molecule has 6 heteroatoms. The first kappa shape index (κ1) is 19.9. The van der Waals surface area contributed by atoms with E-state index in [2.05, 4.69) is 18.8 Å². The summed E-state index contributed by atoms with van der Waals surface area (Å²) in [6.07, 6.45) is 3.90. The number of amides is 1. The number of aromatic nitrogens is 2. The first-order valence-electron chi connectivity index (χ1n) is 9.78. The molecule has 146 valence electrons. The highest BCUT2D eigenvalue weighted by molar-refractivity contribution is 5.92. The van der Waals surface area contributed by atoms with E-state index in [1.807, 2.05) is 13.0 Å². The number of rotatable bonds is 5. The summed E-state index contributed by atoms with van der Waals surface area (Å²) in [7, 11) is 0. The van der Waals surface area contributed by atoms with E-state index in [-0.39, 0.29) is 11.5 Å². The van der Waals surface area contributed by atoms with Gasteiger partial charge in [0.05, 0.1) is 23.0 Å². The lowest BCUT2D eigenvalue weighted by molar-refractivity contribution is -0.119. The second-order valence-electron chi connectivity index (χ2n) is 7.67. The van der Waals surface area contributed by atoms with Crippen molar-refractivity contribution < 1.29 is 9.18 Å². The summed E-state index contributed by atoms with van der Waals surface area (Å²) < 4.78 is 14.7. The van der Waals surface area contributed by atoms with Gasteiger partial charge in [-0.05, 0) is 56.7 Å². The molecule has 0 aliphatic carbocycles. The minimum atomic E-state index is -0.460. The number of hydrogen-bond acceptors (Lipinski definition) is 4. The lowest BCUT2D eigenvalue weighted by Crippen LogP contribution is -2.36. The van der Waals surface area contributed by atoms with E-state index < -0.39 is 5.82 Å². The number of piperidine rings is 1. The number of carbonyl (C=O) groups excluding carboxylic acids is 1. The highest BCUT2D eigenvalue weighted by Crippen LogP contribution is 2.32. The van der Waals surface area contributed by atoms with Crippen molar-refractivity contribution in [2.75, 3.05) is 11.4 Å². The highest BCUT2D eigenvalue weighted by Gasteiger charge is 2.25. The third-order valence-corrected chi connectivity index (χ3v) is 5.04. The van der Waals surface area contributed by atoms with E-state index in [1.165, 1.54) is 6.07 Å². The maximum atomic E-state index is 14.7. The second kappa shape index (κ2) is 8.47. The lowest BCUT2D eigenvalue weighted by atomic mass is 9.96. The van der Waals surface area contributed by atoms with Gasteiger partial charge in [0.25, 0.3) is 0 Å². The zero-order valence-electron chi connectivity index (χ0n) is 16.6. The van der Waals surface area contributed by atoms with Crippen LogP contribution in [0.15, 0.2) is 18.2 Å². The Morgan fingerprint density at radius 3 is 2.71 bits per heavy atom. The molecule has 1 aliphatic rings. The first-order chi connectivity index (χ1) is 13.4. The van der Waals surface area contributed by atoms with Crippen LogP contribution in [0, 0.1) is 30.0 Å². The molecule has 0 N–H and O–H groups in total. The van der Waals surface area contributed by atoms with Gasteiger partial charge in [0.2, 0.25) is 11.9 Å². The van der Waals surface area contributed by atoms with E-state index in [1.54, 1.807) is 17.0 Å². The molecule has 1 aromatic carbocycles. The zero-order valence-corrected chi connectivity index (χ0v) is 16.6. The Kier molecular flexibility index (Phi) is 6.03. The van der Waals surface area contributed by atoms with Crippen LogP contribution in [0.4, 0.5) is 10.3 Å². The Bertz CT molecular complexity index is 933. The van der Waals surface area contributed by atoms with Gasteiger partial charge >= 0.3 is 0 Å². The van der Waals surface area contributed by atoms with Crippen molar-refractivity contribution in [2.24, 2.45) is 5.92 Å². The number of nitrogens with zero attached hydrogens (tertiary/aromatic N) is 4. The predicted octanol–water partition coefficient (Wildman–Crippen LogP) is 4.57. The summed E-state index contributed by atoms with van der Waals surface area (Å²) in [4.78, 5) is 23.2. The van der Waals surface area contributed by atoms with Crippen molar-refractivity contribution in [3.63, 3.8) is 0 Å². The van der Waals surface area contributed by atoms with Crippen LogP contribution >= 0.6 is 0 Å². The van der Waals surface area contributed by atoms with Crippen LogP contribution in [0.1, 0.15) is 56.5 Å². The third-order valence-electron chi connectivity index (χ3n) is 5.04. The van der Waals surface area contributed by atoms with Gasteiger partial charge in [0, 0.05) is 24.1 Å². The minimum absolute atomic E-state index is 0.0396. The monoisotopic (exact) mass is 380 g/mol. The number of carbonyl (C=O) groups is 1. The maximum Gasteiger partial charge on any atom is 0.232 e. The standard InChI is InChI=1S/C22H25FN4O/c1-14(2)7-10-19-21(17-9-8-16(13-24)12-18(17)23)15(3)25-22(26-19)27-11-5-4-6-20(27)28/h8-9,12,14H,4-7,10-11H2,1-3H3. The van der Waals surface area contributed by atoms with Gasteiger partial charge in [-0.1, -0.05) is 13.8 Å². The molecule has 28 heavy (non-hydrogen) atoms. The normalized spacial score (nSPS) is 14.4. The largest absolute Gasteiger partial charge is 0.281 e. The molecular formula is C22H25FN4O. The average Bonchev–Trinajstić information content (AvgIpc) is 2.66. The molecule has 0 spiro atoms. The fraction of sp³-hybridized carbons (Fsp3) is 0.455. The molecule has 0 saturated carbocycles. The van der Waals surface area contributed by atoms with Crippen molar-refractivity contribution >= 4 is 11.9 Å². The van der Waals surface area contributed by atoms with Gasteiger partial charge in [0.15, 0.2) is 0 Å². The molecule has 3 rings (SSSR count). The van der Waals surface area contributed by atoms with Gasteiger partial charge in [-0.3, -0.25) is 9.69 Å². The number of anilines is 1. The molecule has 1 fully saturated rings. The number of nitriles is 1. The van der Waals surface area contributed by atoms with Crippen LogP contribution < -0.4 is 4.90 Å². The van der Waals surface area contributed by atoms with Crippen molar-refractivity contribution in [3.8, 4) is 17.2 Å². The summed E-state index contributed by atoms with van der Waals surface area (Å²) in [6.45, 7) is 6.70. The molecule has 0 atom stereocenters. The van der Waals surface area contributed by atoms with Gasteiger partial charge in [-0.25, -0.2) is 14.4 Å².